The maximum atomic E-state index is 5.78. The molecule has 0 bridgehead atoms. The molecule has 1 unspecified atom stereocenters. The van der Waals surface area contributed by atoms with Crippen LogP contribution in [0.5, 0.6) is 0 Å². The molecule has 2 rings (SSSR count). The van der Waals surface area contributed by atoms with E-state index in [4.69, 9.17) is 9.47 Å². The van der Waals surface area contributed by atoms with Crippen LogP contribution in [-0.2, 0) is 9.47 Å². The third-order valence-corrected chi connectivity index (χ3v) is 2.99. The maximum absolute atomic E-state index is 5.78. The zero-order valence-electron chi connectivity index (χ0n) is 8.17. The molecule has 1 saturated carbocycles. The van der Waals surface area contributed by atoms with Gasteiger partial charge in [-0.05, 0) is 32.6 Å². The summed E-state index contributed by atoms with van der Waals surface area (Å²) in [4.78, 5) is 0. The van der Waals surface area contributed by atoms with Gasteiger partial charge in [0.15, 0.2) is 5.79 Å². The van der Waals surface area contributed by atoms with Gasteiger partial charge in [-0.1, -0.05) is 13.3 Å². The van der Waals surface area contributed by atoms with E-state index < -0.39 is 0 Å². The van der Waals surface area contributed by atoms with Crippen molar-refractivity contribution < 1.29 is 9.47 Å². The summed E-state index contributed by atoms with van der Waals surface area (Å²) in [7, 11) is 0. The van der Waals surface area contributed by atoms with Crippen LogP contribution in [0.15, 0.2) is 0 Å². The topological polar surface area (TPSA) is 18.5 Å². The molecule has 12 heavy (non-hydrogen) atoms. The van der Waals surface area contributed by atoms with Crippen molar-refractivity contribution in [3.05, 3.63) is 0 Å². The van der Waals surface area contributed by atoms with Gasteiger partial charge in [0.1, 0.15) is 0 Å². The fourth-order valence-electron chi connectivity index (χ4n) is 2.40. The third-order valence-electron chi connectivity index (χ3n) is 2.99. The van der Waals surface area contributed by atoms with Crippen molar-refractivity contribution in [2.24, 2.45) is 5.92 Å². The van der Waals surface area contributed by atoms with Gasteiger partial charge < -0.3 is 9.47 Å². The lowest BCUT2D eigenvalue weighted by molar-refractivity contribution is -0.153. The second kappa shape index (κ2) is 2.71. The summed E-state index contributed by atoms with van der Waals surface area (Å²) in [6.45, 7) is 6.26. The number of ether oxygens (including phenoxy) is 2. The fourth-order valence-corrected chi connectivity index (χ4v) is 2.40. The van der Waals surface area contributed by atoms with Gasteiger partial charge in [-0.3, -0.25) is 0 Å². The molecule has 2 aliphatic rings. The summed E-state index contributed by atoms with van der Waals surface area (Å²) in [6.07, 6.45) is 4.42. The highest BCUT2D eigenvalue weighted by Crippen LogP contribution is 2.41. The normalized spacial score (nSPS) is 44.8. The second-order valence-corrected chi connectivity index (χ2v) is 4.46. The molecule has 0 spiro atoms. The van der Waals surface area contributed by atoms with Crippen LogP contribution in [0, 0.1) is 5.92 Å². The van der Waals surface area contributed by atoms with Crippen molar-refractivity contribution in [3.8, 4) is 0 Å². The summed E-state index contributed by atoms with van der Waals surface area (Å²) in [5, 5.41) is 0. The van der Waals surface area contributed by atoms with Crippen LogP contribution in [0.2, 0.25) is 0 Å². The summed E-state index contributed by atoms with van der Waals surface area (Å²) >= 11 is 0. The van der Waals surface area contributed by atoms with Crippen molar-refractivity contribution in [2.75, 3.05) is 0 Å². The van der Waals surface area contributed by atoms with Crippen LogP contribution < -0.4 is 0 Å². The van der Waals surface area contributed by atoms with Gasteiger partial charge in [0, 0.05) is 0 Å². The van der Waals surface area contributed by atoms with E-state index in [-0.39, 0.29) is 5.79 Å². The first kappa shape index (κ1) is 8.52. The van der Waals surface area contributed by atoms with E-state index >= 15 is 0 Å². The summed E-state index contributed by atoms with van der Waals surface area (Å²) < 4.78 is 11.6. The van der Waals surface area contributed by atoms with E-state index in [0.29, 0.717) is 12.2 Å². The van der Waals surface area contributed by atoms with Crippen LogP contribution in [-0.4, -0.2) is 18.0 Å². The molecular formula is C10H18O2. The number of fused-ring (bicyclic) bond motifs is 1. The van der Waals surface area contributed by atoms with Gasteiger partial charge in [-0.2, -0.15) is 0 Å². The van der Waals surface area contributed by atoms with Gasteiger partial charge in [0.2, 0.25) is 0 Å². The lowest BCUT2D eigenvalue weighted by atomic mass is 10.1. The van der Waals surface area contributed by atoms with Crippen molar-refractivity contribution in [1.29, 1.82) is 0 Å². The van der Waals surface area contributed by atoms with E-state index in [1.165, 1.54) is 19.3 Å². The minimum atomic E-state index is -0.325. The van der Waals surface area contributed by atoms with Gasteiger partial charge >= 0.3 is 0 Å². The average Bonchev–Trinajstić information content (AvgIpc) is 2.40. The SMILES string of the molecule is CCC1C[C@@H]2OC(C)(C)O[C@@H]2C1. The predicted molar refractivity (Wildman–Crippen MR) is 46.8 cm³/mol. The lowest BCUT2D eigenvalue weighted by Gasteiger charge is -2.19. The highest BCUT2D eigenvalue weighted by Gasteiger charge is 2.46. The molecule has 0 radical (unpaired) electrons. The molecule has 0 N–H and O–H groups in total. The Morgan fingerprint density at radius 2 is 1.67 bits per heavy atom. The van der Waals surface area contributed by atoms with Crippen LogP contribution in [0.3, 0.4) is 0 Å². The molecule has 2 fully saturated rings. The molecule has 2 heteroatoms. The van der Waals surface area contributed by atoms with Crippen molar-refractivity contribution in [2.45, 2.75) is 58.0 Å². The number of hydrogen-bond donors (Lipinski definition) is 0. The highest BCUT2D eigenvalue weighted by molar-refractivity contribution is 4.90. The molecule has 1 saturated heterocycles. The Labute approximate surface area is 74.2 Å². The maximum Gasteiger partial charge on any atom is 0.163 e. The summed E-state index contributed by atoms with van der Waals surface area (Å²) in [5.41, 5.74) is 0. The van der Waals surface area contributed by atoms with Crippen LogP contribution in [0.25, 0.3) is 0 Å². The molecule has 70 valence electrons. The van der Waals surface area contributed by atoms with E-state index in [0.717, 1.165) is 5.92 Å². The monoisotopic (exact) mass is 170 g/mol. The molecular weight excluding hydrogens is 152 g/mol. The molecule has 0 amide bonds. The predicted octanol–water partition coefficient (Wildman–Crippen LogP) is 2.33. The molecule has 3 atom stereocenters. The standard InChI is InChI=1S/C10H18O2/c1-4-7-5-8-9(6-7)12-10(2,3)11-8/h7-9H,4-6H2,1-3H3/t7?,8-,9+. The third kappa shape index (κ3) is 1.38. The van der Waals surface area contributed by atoms with Crippen LogP contribution in [0.4, 0.5) is 0 Å². The van der Waals surface area contributed by atoms with Crippen molar-refractivity contribution in [1.82, 2.24) is 0 Å². The van der Waals surface area contributed by atoms with E-state index in [2.05, 4.69) is 6.92 Å². The molecule has 0 aromatic rings. The van der Waals surface area contributed by atoms with Crippen LogP contribution in [0.1, 0.15) is 40.0 Å². The smallest absolute Gasteiger partial charge is 0.163 e. The zero-order valence-corrected chi connectivity index (χ0v) is 8.17. The Kier molecular flexibility index (Phi) is 1.92. The van der Waals surface area contributed by atoms with Gasteiger partial charge in [0.05, 0.1) is 12.2 Å². The van der Waals surface area contributed by atoms with E-state index in [9.17, 15) is 0 Å². The van der Waals surface area contributed by atoms with Crippen LogP contribution >= 0.6 is 0 Å². The van der Waals surface area contributed by atoms with Gasteiger partial charge in [-0.25, -0.2) is 0 Å². The lowest BCUT2D eigenvalue weighted by Crippen LogP contribution is -2.22. The number of hydrogen-bond acceptors (Lipinski definition) is 2. The summed E-state index contributed by atoms with van der Waals surface area (Å²) in [5.74, 6) is 0.504. The fraction of sp³-hybridized carbons (Fsp3) is 1.00. The first-order valence-electron chi connectivity index (χ1n) is 4.96. The Bertz CT molecular complexity index is 161. The second-order valence-electron chi connectivity index (χ2n) is 4.46. The molecule has 0 aromatic heterocycles. The Balaban J connectivity index is 1.97. The molecule has 0 aromatic carbocycles. The quantitative estimate of drug-likeness (QED) is 0.601. The minimum absolute atomic E-state index is 0.325. The van der Waals surface area contributed by atoms with Gasteiger partial charge in [0.25, 0.3) is 0 Å². The van der Waals surface area contributed by atoms with Gasteiger partial charge in [-0.15, -0.1) is 0 Å². The molecule has 1 heterocycles. The van der Waals surface area contributed by atoms with Crippen molar-refractivity contribution in [3.63, 3.8) is 0 Å². The summed E-state index contributed by atoms with van der Waals surface area (Å²) in [6, 6.07) is 0. The zero-order chi connectivity index (χ0) is 8.77. The highest BCUT2D eigenvalue weighted by atomic mass is 16.8. The minimum Gasteiger partial charge on any atom is -0.345 e. The molecule has 1 aliphatic heterocycles. The van der Waals surface area contributed by atoms with E-state index in [1.54, 1.807) is 0 Å². The Morgan fingerprint density at radius 1 is 1.17 bits per heavy atom. The number of rotatable bonds is 1. The Morgan fingerprint density at radius 3 is 2.08 bits per heavy atom. The molecule has 1 aliphatic carbocycles. The Hall–Kier alpha value is -0.0800. The average molecular weight is 170 g/mol. The van der Waals surface area contributed by atoms with Crippen molar-refractivity contribution >= 4 is 0 Å². The molecule has 2 nitrogen and oxygen atoms in total. The first-order valence-corrected chi connectivity index (χ1v) is 4.96. The first-order chi connectivity index (χ1) is 5.61. The largest absolute Gasteiger partial charge is 0.345 e. The van der Waals surface area contributed by atoms with E-state index in [1.807, 2.05) is 13.8 Å².